The number of likely N-dealkylation sites (tertiary alicyclic amines) is 1. The second kappa shape index (κ2) is 10.2. The zero-order chi connectivity index (χ0) is 24.4. The van der Waals surface area contributed by atoms with Gasteiger partial charge in [0.2, 0.25) is 0 Å². The first-order valence-electron chi connectivity index (χ1n) is 12.9. The van der Waals surface area contributed by atoms with Gasteiger partial charge in [0.15, 0.2) is 5.78 Å². The highest BCUT2D eigenvalue weighted by Gasteiger charge is 2.39. The predicted octanol–water partition coefficient (Wildman–Crippen LogP) is 5.64. The number of rotatable bonds is 7. The van der Waals surface area contributed by atoms with Crippen LogP contribution in [0.1, 0.15) is 68.4 Å². The Morgan fingerprint density at radius 2 is 1.51 bits per heavy atom. The highest BCUT2D eigenvalue weighted by molar-refractivity contribution is 5.90. The molecule has 35 heavy (non-hydrogen) atoms. The lowest BCUT2D eigenvalue weighted by atomic mass is 9.77. The Labute approximate surface area is 206 Å². The second-order valence-corrected chi connectivity index (χ2v) is 10.2. The highest BCUT2D eigenvalue weighted by Crippen LogP contribution is 2.44. The Balaban J connectivity index is 1.24. The van der Waals surface area contributed by atoms with Crippen LogP contribution in [0.15, 0.2) is 48.5 Å². The number of ketones is 1. The normalized spacial score (nSPS) is 20.8. The van der Waals surface area contributed by atoms with Crippen LogP contribution in [0.3, 0.4) is 0 Å². The summed E-state index contributed by atoms with van der Waals surface area (Å²) in [6.07, 6.45) is 5.73. The molecule has 1 saturated heterocycles. The number of nitrogens with zero attached hydrogens (tertiary/aromatic N) is 1. The fourth-order valence-electron chi connectivity index (χ4n) is 6.34. The van der Waals surface area contributed by atoms with Gasteiger partial charge in [-0.1, -0.05) is 67.8 Å². The van der Waals surface area contributed by atoms with Crippen molar-refractivity contribution in [3.63, 3.8) is 0 Å². The van der Waals surface area contributed by atoms with E-state index in [1.54, 1.807) is 0 Å². The molecule has 2 atom stereocenters. The van der Waals surface area contributed by atoms with Crippen molar-refractivity contribution in [2.24, 2.45) is 11.8 Å². The summed E-state index contributed by atoms with van der Waals surface area (Å²) in [4.78, 5) is 39.8. The largest absolute Gasteiger partial charge is 0.481 e. The minimum absolute atomic E-state index is 0.00216. The maximum absolute atomic E-state index is 13.2. The third-order valence-electron chi connectivity index (χ3n) is 8.15. The molecule has 0 spiro atoms. The summed E-state index contributed by atoms with van der Waals surface area (Å²) in [5, 5.41) is 9.80. The van der Waals surface area contributed by atoms with Crippen LogP contribution < -0.4 is 0 Å². The minimum Gasteiger partial charge on any atom is -0.481 e. The summed E-state index contributed by atoms with van der Waals surface area (Å²) in [5.41, 5.74) is 4.63. The molecule has 2 aliphatic carbocycles. The monoisotopic (exact) mass is 475 g/mol. The lowest BCUT2D eigenvalue weighted by molar-refractivity contribution is -0.146. The van der Waals surface area contributed by atoms with Crippen LogP contribution in [0, 0.1) is 11.8 Å². The first-order chi connectivity index (χ1) is 17.0. The van der Waals surface area contributed by atoms with E-state index in [2.05, 4.69) is 24.3 Å². The number of amides is 1. The number of fused-ring (bicyclic) bond motifs is 3. The number of carbonyl (C=O) groups excluding carboxylic acids is 2. The predicted molar refractivity (Wildman–Crippen MR) is 132 cm³/mol. The van der Waals surface area contributed by atoms with Crippen LogP contribution in [0.4, 0.5) is 4.79 Å². The number of carbonyl (C=O) groups is 3. The molecular formula is C29H33NO5. The maximum Gasteiger partial charge on any atom is 0.410 e. The van der Waals surface area contributed by atoms with Crippen LogP contribution in [0.25, 0.3) is 11.1 Å². The van der Waals surface area contributed by atoms with Crippen LogP contribution in [0.5, 0.6) is 0 Å². The molecule has 5 rings (SSSR count). The van der Waals surface area contributed by atoms with Crippen molar-refractivity contribution in [1.29, 1.82) is 0 Å². The highest BCUT2D eigenvalue weighted by atomic mass is 16.6. The standard InChI is InChI=1S/C29H33NO5/c31-27(17-24(28(32)33)19-9-2-1-3-10-19)26-15-8-16-30(26)29(34)35-18-25-22-13-6-4-11-20(22)21-12-5-7-14-23(21)25/h4-7,11-14,19,24-26H,1-3,8-10,15-18H2,(H,32,33)/t24-,26?/m1/s1. The van der Waals surface area contributed by atoms with E-state index >= 15 is 0 Å². The molecule has 2 fully saturated rings. The van der Waals surface area contributed by atoms with E-state index in [0.717, 1.165) is 49.7 Å². The first-order valence-corrected chi connectivity index (χ1v) is 12.9. The van der Waals surface area contributed by atoms with E-state index in [-0.39, 0.29) is 30.6 Å². The molecule has 1 unspecified atom stereocenters. The maximum atomic E-state index is 13.2. The van der Waals surface area contributed by atoms with Crippen molar-refractivity contribution in [1.82, 2.24) is 4.90 Å². The van der Waals surface area contributed by atoms with Gasteiger partial charge in [0, 0.05) is 18.9 Å². The number of carboxylic acid groups (broad SMARTS) is 1. The number of ether oxygens (including phenoxy) is 1. The number of carboxylic acids is 1. The zero-order valence-electron chi connectivity index (χ0n) is 20.0. The van der Waals surface area contributed by atoms with E-state index in [9.17, 15) is 19.5 Å². The van der Waals surface area contributed by atoms with E-state index in [4.69, 9.17) is 4.74 Å². The van der Waals surface area contributed by atoms with Gasteiger partial charge in [0.05, 0.1) is 12.0 Å². The van der Waals surface area contributed by atoms with Crippen LogP contribution in [0.2, 0.25) is 0 Å². The Bertz CT molecular complexity index is 1060. The van der Waals surface area contributed by atoms with Gasteiger partial charge in [0.25, 0.3) is 0 Å². The summed E-state index contributed by atoms with van der Waals surface area (Å²) in [6, 6.07) is 15.8. The number of aliphatic carboxylic acids is 1. The average Bonchev–Trinajstić information content (AvgIpc) is 3.50. The van der Waals surface area contributed by atoms with Crippen LogP contribution >= 0.6 is 0 Å². The van der Waals surface area contributed by atoms with E-state index in [1.165, 1.54) is 16.0 Å². The number of hydrogen-bond acceptors (Lipinski definition) is 4. The molecule has 1 amide bonds. The molecule has 184 valence electrons. The Morgan fingerprint density at radius 1 is 0.886 bits per heavy atom. The molecule has 3 aliphatic rings. The number of benzene rings is 2. The Kier molecular flexibility index (Phi) is 6.89. The number of hydrogen-bond donors (Lipinski definition) is 1. The van der Waals surface area contributed by atoms with Crippen LogP contribution in [-0.2, 0) is 14.3 Å². The molecular weight excluding hydrogens is 442 g/mol. The molecule has 0 radical (unpaired) electrons. The lowest BCUT2D eigenvalue weighted by Crippen LogP contribution is -2.42. The molecule has 2 aromatic carbocycles. The molecule has 6 heteroatoms. The van der Waals surface area contributed by atoms with Crippen molar-refractivity contribution in [2.75, 3.05) is 13.2 Å². The first kappa shape index (κ1) is 23.6. The molecule has 0 bridgehead atoms. The van der Waals surface area contributed by atoms with E-state index < -0.39 is 24.0 Å². The van der Waals surface area contributed by atoms with Crippen molar-refractivity contribution in [3.8, 4) is 11.1 Å². The van der Waals surface area contributed by atoms with E-state index in [1.807, 2.05) is 24.3 Å². The van der Waals surface area contributed by atoms with Gasteiger partial charge < -0.3 is 9.84 Å². The average molecular weight is 476 g/mol. The third-order valence-corrected chi connectivity index (χ3v) is 8.15. The van der Waals surface area contributed by atoms with Gasteiger partial charge in [-0.05, 0) is 53.9 Å². The molecule has 1 heterocycles. The van der Waals surface area contributed by atoms with Gasteiger partial charge >= 0.3 is 12.1 Å². The van der Waals surface area contributed by atoms with Crippen molar-refractivity contribution >= 4 is 17.8 Å². The van der Waals surface area contributed by atoms with Crippen molar-refractivity contribution in [3.05, 3.63) is 59.7 Å². The fraction of sp³-hybridized carbons (Fsp3) is 0.483. The minimum atomic E-state index is -0.893. The van der Waals surface area contributed by atoms with Crippen molar-refractivity contribution in [2.45, 2.75) is 63.3 Å². The lowest BCUT2D eigenvalue weighted by Gasteiger charge is -2.29. The summed E-state index contributed by atoms with van der Waals surface area (Å²) >= 11 is 0. The summed E-state index contributed by atoms with van der Waals surface area (Å²) < 4.78 is 5.79. The molecule has 1 N–H and O–H groups in total. The quantitative estimate of drug-likeness (QED) is 0.560. The van der Waals surface area contributed by atoms with E-state index in [0.29, 0.717) is 13.0 Å². The molecule has 1 saturated carbocycles. The Morgan fingerprint density at radius 3 is 2.14 bits per heavy atom. The SMILES string of the molecule is O=C(C[C@@H](C(=O)O)C1CCCCC1)C1CCCN1C(=O)OCC1c2ccccc2-c2ccccc21. The molecule has 0 aromatic heterocycles. The smallest absolute Gasteiger partial charge is 0.410 e. The summed E-state index contributed by atoms with van der Waals surface area (Å²) in [5.74, 6) is -1.68. The summed E-state index contributed by atoms with van der Waals surface area (Å²) in [6.45, 7) is 0.679. The van der Waals surface area contributed by atoms with Crippen LogP contribution in [-0.4, -0.2) is 47.0 Å². The van der Waals surface area contributed by atoms with Gasteiger partial charge in [0.1, 0.15) is 6.61 Å². The summed E-state index contributed by atoms with van der Waals surface area (Å²) in [7, 11) is 0. The van der Waals surface area contributed by atoms with Gasteiger partial charge in [-0.15, -0.1) is 0 Å². The fourth-order valence-corrected chi connectivity index (χ4v) is 6.34. The Hall–Kier alpha value is -3.15. The van der Waals surface area contributed by atoms with Gasteiger partial charge in [-0.2, -0.15) is 0 Å². The third kappa shape index (κ3) is 4.71. The van der Waals surface area contributed by atoms with Crippen molar-refractivity contribution < 1.29 is 24.2 Å². The number of Topliss-reactive ketones (excluding diaryl/α,β-unsaturated/α-hetero) is 1. The molecule has 1 aliphatic heterocycles. The van der Waals surface area contributed by atoms with Gasteiger partial charge in [-0.3, -0.25) is 14.5 Å². The molecule has 2 aromatic rings. The topological polar surface area (TPSA) is 83.9 Å². The van der Waals surface area contributed by atoms with Gasteiger partial charge in [-0.25, -0.2) is 4.79 Å². The second-order valence-electron chi connectivity index (χ2n) is 10.2. The molecule has 6 nitrogen and oxygen atoms in total. The zero-order valence-corrected chi connectivity index (χ0v) is 20.0.